The number of carbonyl (C=O) groups is 2. The first-order valence-electron chi connectivity index (χ1n) is 9.88. The number of hydrogen-bond donors (Lipinski definition) is 2. The highest BCUT2D eigenvalue weighted by molar-refractivity contribution is 5.85. The molecule has 0 aromatic heterocycles. The lowest BCUT2D eigenvalue weighted by Gasteiger charge is -2.35. The SMILES string of the molecule is CC1=C(C)C[C@@H](C(=O)NC2CCN(Cc3ccccc3)CC2)[C@H](C(=O)O)C1. The van der Waals surface area contributed by atoms with Gasteiger partial charge < -0.3 is 10.4 Å². The molecule has 1 aromatic rings. The molecular formula is C22H30N2O3. The second-order valence-corrected chi connectivity index (χ2v) is 8.06. The first-order valence-corrected chi connectivity index (χ1v) is 9.88. The fourth-order valence-electron chi connectivity index (χ4n) is 4.21. The number of carboxylic acid groups (broad SMARTS) is 1. The van der Waals surface area contributed by atoms with Gasteiger partial charge in [0, 0.05) is 25.7 Å². The number of hydrogen-bond acceptors (Lipinski definition) is 3. The van der Waals surface area contributed by atoms with Gasteiger partial charge in [-0.3, -0.25) is 14.5 Å². The van der Waals surface area contributed by atoms with Crippen LogP contribution in [0.3, 0.4) is 0 Å². The van der Waals surface area contributed by atoms with Gasteiger partial charge in [0.05, 0.1) is 11.8 Å². The molecule has 27 heavy (non-hydrogen) atoms. The minimum atomic E-state index is -0.861. The van der Waals surface area contributed by atoms with E-state index in [0.29, 0.717) is 12.8 Å². The summed E-state index contributed by atoms with van der Waals surface area (Å²) in [5.41, 5.74) is 3.58. The molecule has 5 nitrogen and oxygen atoms in total. The molecule has 2 atom stereocenters. The molecule has 1 aliphatic heterocycles. The Kier molecular flexibility index (Phi) is 6.32. The normalized spacial score (nSPS) is 24.7. The summed E-state index contributed by atoms with van der Waals surface area (Å²) >= 11 is 0. The van der Waals surface area contributed by atoms with Crippen molar-refractivity contribution in [3.63, 3.8) is 0 Å². The Labute approximate surface area is 161 Å². The van der Waals surface area contributed by atoms with Gasteiger partial charge in [0.2, 0.25) is 5.91 Å². The molecule has 0 unspecified atom stereocenters. The number of benzene rings is 1. The predicted molar refractivity (Wildman–Crippen MR) is 105 cm³/mol. The van der Waals surface area contributed by atoms with E-state index in [1.54, 1.807) is 0 Å². The van der Waals surface area contributed by atoms with Crippen LogP contribution in [0.1, 0.15) is 45.1 Å². The van der Waals surface area contributed by atoms with Crippen molar-refractivity contribution in [2.75, 3.05) is 13.1 Å². The Morgan fingerprint density at radius 1 is 1.04 bits per heavy atom. The van der Waals surface area contributed by atoms with Gasteiger partial charge in [0.25, 0.3) is 0 Å². The molecule has 1 aliphatic carbocycles. The van der Waals surface area contributed by atoms with Gasteiger partial charge in [-0.1, -0.05) is 41.5 Å². The monoisotopic (exact) mass is 370 g/mol. The predicted octanol–water partition coefficient (Wildman–Crippen LogP) is 3.21. The van der Waals surface area contributed by atoms with Crippen LogP contribution in [-0.4, -0.2) is 41.0 Å². The summed E-state index contributed by atoms with van der Waals surface area (Å²) in [5, 5.41) is 12.7. The number of rotatable bonds is 5. The topological polar surface area (TPSA) is 69.6 Å². The molecule has 0 saturated carbocycles. The fourth-order valence-corrected chi connectivity index (χ4v) is 4.21. The van der Waals surface area contributed by atoms with Crippen molar-refractivity contribution < 1.29 is 14.7 Å². The van der Waals surface area contributed by atoms with Crippen molar-refractivity contribution >= 4 is 11.9 Å². The lowest BCUT2D eigenvalue weighted by Crippen LogP contribution is -2.48. The summed E-state index contributed by atoms with van der Waals surface area (Å²) in [5.74, 6) is -2.00. The smallest absolute Gasteiger partial charge is 0.307 e. The van der Waals surface area contributed by atoms with E-state index in [0.717, 1.165) is 43.6 Å². The number of piperidine rings is 1. The molecule has 1 heterocycles. The van der Waals surface area contributed by atoms with E-state index < -0.39 is 17.8 Å². The minimum Gasteiger partial charge on any atom is -0.481 e. The van der Waals surface area contributed by atoms with E-state index in [4.69, 9.17) is 0 Å². The summed E-state index contributed by atoms with van der Waals surface area (Å²) < 4.78 is 0. The first-order chi connectivity index (χ1) is 12.9. The second kappa shape index (κ2) is 8.70. The molecule has 1 saturated heterocycles. The van der Waals surface area contributed by atoms with Crippen LogP contribution in [0, 0.1) is 11.8 Å². The Bertz CT molecular complexity index is 706. The van der Waals surface area contributed by atoms with Crippen LogP contribution in [0.2, 0.25) is 0 Å². The van der Waals surface area contributed by atoms with E-state index in [9.17, 15) is 14.7 Å². The first kappa shape index (κ1) is 19.6. The summed E-state index contributed by atoms with van der Waals surface area (Å²) in [6.07, 6.45) is 2.87. The van der Waals surface area contributed by atoms with Crippen LogP contribution < -0.4 is 5.32 Å². The molecular weight excluding hydrogens is 340 g/mol. The van der Waals surface area contributed by atoms with Gasteiger partial charge in [0.15, 0.2) is 0 Å². The zero-order valence-corrected chi connectivity index (χ0v) is 16.3. The van der Waals surface area contributed by atoms with Gasteiger partial charge in [-0.25, -0.2) is 0 Å². The molecule has 0 radical (unpaired) electrons. The molecule has 2 aliphatic rings. The van der Waals surface area contributed by atoms with Crippen molar-refractivity contribution in [2.45, 2.75) is 52.1 Å². The van der Waals surface area contributed by atoms with E-state index in [-0.39, 0.29) is 11.9 Å². The van der Waals surface area contributed by atoms with Crippen LogP contribution >= 0.6 is 0 Å². The third kappa shape index (κ3) is 4.98. The molecule has 1 amide bonds. The van der Waals surface area contributed by atoms with E-state index in [1.807, 2.05) is 19.9 Å². The zero-order valence-electron chi connectivity index (χ0n) is 16.3. The number of nitrogens with one attached hydrogen (secondary N) is 1. The van der Waals surface area contributed by atoms with Crippen molar-refractivity contribution in [3.8, 4) is 0 Å². The van der Waals surface area contributed by atoms with Crippen molar-refractivity contribution in [1.29, 1.82) is 0 Å². The minimum absolute atomic E-state index is 0.0873. The third-order valence-electron chi connectivity index (χ3n) is 6.10. The van der Waals surface area contributed by atoms with Crippen molar-refractivity contribution in [1.82, 2.24) is 10.2 Å². The highest BCUT2D eigenvalue weighted by Gasteiger charge is 2.38. The molecule has 2 N–H and O–H groups in total. The van der Waals surface area contributed by atoms with Gasteiger partial charge in [-0.15, -0.1) is 0 Å². The Morgan fingerprint density at radius 2 is 1.63 bits per heavy atom. The highest BCUT2D eigenvalue weighted by atomic mass is 16.4. The van der Waals surface area contributed by atoms with E-state index in [2.05, 4.69) is 34.5 Å². The second-order valence-electron chi connectivity index (χ2n) is 8.06. The fraction of sp³-hybridized carbons (Fsp3) is 0.545. The quantitative estimate of drug-likeness (QED) is 0.781. The maximum Gasteiger partial charge on any atom is 0.307 e. The van der Waals surface area contributed by atoms with Gasteiger partial charge in [-0.05, 0) is 45.1 Å². The molecule has 0 bridgehead atoms. The summed E-state index contributed by atoms with van der Waals surface area (Å²) in [4.78, 5) is 26.8. The summed E-state index contributed by atoms with van der Waals surface area (Å²) in [6, 6.07) is 10.6. The van der Waals surface area contributed by atoms with Crippen LogP contribution in [0.5, 0.6) is 0 Å². The van der Waals surface area contributed by atoms with Crippen LogP contribution in [-0.2, 0) is 16.1 Å². The van der Waals surface area contributed by atoms with Crippen LogP contribution in [0.4, 0.5) is 0 Å². The Hall–Kier alpha value is -2.14. The van der Waals surface area contributed by atoms with E-state index >= 15 is 0 Å². The molecule has 3 rings (SSSR count). The molecule has 5 heteroatoms. The Morgan fingerprint density at radius 3 is 2.22 bits per heavy atom. The van der Waals surface area contributed by atoms with Crippen LogP contribution in [0.15, 0.2) is 41.5 Å². The highest BCUT2D eigenvalue weighted by Crippen LogP contribution is 2.34. The van der Waals surface area contributed by atoms with Gasteiger partial charge >= 0.3 is 5.97 Å². The Balaban J connectivity index is 1.52. The average molecular weight is 370 g/mol. The number of aliphatic carboxylic acids is 1. The zero-order chi connectivity index (χ0) is 19.4. The van der Waals surface area contributed by atoms with Crippen molar-refractivity contribution in [2.24, 2.45) is 11.8 Å². The van der Waals surface area contributed by atoms with Gasteiger partial charge in [-0.2, -0.15) is 0 Å². The maximum atomic E-state index is 12.8. The standard InChI is InChI=1S/C22H30N2O3/c1-15-12-19(20(22(26)27)13-16(15)2)21(25)23-18-8-10-24(11-9-18)14-17-6-4-3-5-7-17/h3-7,18-20H,8-14H2,1-2H3,(H,23,25)(H,26,27)/t19-,20-/m1/s1. The number of carbonyl (C=O) groups excluding carboxylic acids is 1. The number of allylic oxidation sites excluding steroid dienone is 2. The molecule has 1 fully saturated rings. The number of amides is 1. The van der Waals surface area contributed by atoms with E-state index in [1.165, 1.54) is 5.56 Å². The summed E-state index contributed by atoms with van der Waals surface area (Å²) in [6.45, 7) is 6.82. The van der Waals surface area contributed by atoms with Crippen molar-refractivity contribution in [3.05, 3.63) is 47.0 Å². The molecule has 146 valence electrons. The summed E-state index contributed by atoms with van der Waals surface area (Å²) in [7, 11) is 0. The number of likely N-dealkylation sites (tertiary alicyclic amines) is 1. The largest absolute Gasteiger partial charge is 0.481 e. The number of carboxylic acids is 1. The third-order valence-corrected chi connectivity index (χ3v) is 6.10. The van der Waals surface area contributed by atoms with Crippen LogP contribution in [0.25, 0.3) is 0 Å². The molecule has 1 aromatic carbocycles. The lowest BCUT2D eigenvalue weighted by atomic mass is 9.76. The average Bonchev–Trinajstić information content (AvgIpc) is 2.66. The van der Waals surface area contributed by atoms with Gasteiger partial charge in [0.1, 0.15) is 0 Å². The maximum absolute atomic E-state index is 12.8. The lowest BCUT2D eigenvalue weighted by molar-refractivity contribution is -0.147. The molecule has 0 spiro atoms. The number of nitrogens with zero attached hydrogens (tertiary/aromatic N) is 1.